The molecule has 65 valence electrons. The van der Waals surface area contributed by atoms with Crippen molar-refractivity contribution in [1.29, 1.82) is 0 Å². The summed E-state index contributed by atoms with van der Waals surface area (Å²) >= 11 is 0. The molecule has 0 nitrogen and oxygen atoms in total. The van der Waals surface area contributed by atoms with Crippen molar-refractivity contribution < 1.29 is 0 Å². The van der Waals surface area contributed by atoms with Crippen molar-refractivity contribution in [3.8, 4) is 0 Å². The molecule has 0 N–H and O–H groups in total. The van der Waals surface area contributed by atoms with Gasteiger partial charge in [-0.15, -0.1) is 0 Å². The average molecular weight is 169 g/mol. The first-order valence-electron chi connectivity index (χ1n) is 5.04. The van der Waals surface area contributed by atoms with Crippen LogP contribution in [-0.4, -0.2) is 0 Å². The van der Waals surface area contributed by atoms with Crippen molar-refractivity contribution in [3.05, 3.63) is 54.0 Å². The van der Waals surface area contributed by atoms with Crippen LogP contribution in [0.25, 0.3) is 0 Å². The minimum Gasteiger partial charge on any atom is -0.0805 e. The standard InChI is InChI=1S/C13H13/c1-2-6-12-10(4-1)8-9-11-5-3-7-13(11)12/h1-7,10,12H,8-9H2. The second-order valence-corrected chi connectivity index (χ2v) is 4.00. The van der Waals surface area contributed by atoms with Gasteiger partial charge in [0, 0.05) is 12.3 Å². The third kappa shape index (κ3) is 1.05. The highest BCUT2D eigenvalue weighted by molar-refractivity contribution is 5.48. The van der Waals surface area contributed by atoms with Crippen LogP contribution in [0.1, 0.15) is 12.8 Å². The summed E-state index contributed by atoms with van der Waals surface area (Å²) in [5.74, 6) is 1.43. The lowest BCUT2D eigenvalue weighted by Gasteiger charge is -2.31. The number of fused-ring (bicyclic) bond motifs is 2. The summed E-state index contributed by atoms with van der Waals surface area (Å²) in [4.78, 5) is 0. The van der Waals surface area contributed by atoms with Gasteiger partial charge in [-0.2, -0.15) is 0 Å². The van der Waals surface area contributed by atoms with Crippen LogP contribution in [-0.2, 0) is 0 Å². The van der Waals surface area contributed by atoms with Gasteiger partial charge in [0.25, 0.3) is 0 Å². The molecule has 0 fully saturated rings. The van der Waals surface area contributed by atoms with Gasteiger partial charge in [-0.3, -0.25) is 0 Å². The Morgan fingerprint density at radius 3 is 3.00 bits per heavy atom. The second-order valence-electron chi connectivity index (χ2n) is 4.00. The number of hydrogen-bond donors (Lipinski definition) is 0. The molecule has 1 radical (unpaired) electrons. The first kappa shape index (κ1) is 7.37. The predicted octanol–water partition coefficient (Wildman–Crippen LogP) is 3.21. The summed E-state index contributed by atoms with van der Waals surface area (Å²) in [5.41, 5.74) is 3.14. The molecule has 0 heteroatoms. The maximum atomic E-state index is 2.36. The predicted molar refractivity (Wildman–Crippen MR) is 55.0 cm³/mol. The van der Waals surface area contributed by atoms with Crippen LogP contribution in [0.4, 0.5) is 0 Å². The smallest absolute Gasteiger partial charge is 0.00927 e. The molecule has 0 saturated heterocycles. The van der Waals surface area contributed by atoms with Gasteiger partial charge in [0.1, 0.15) is 0 Å². The Bertz CT molecular complexity index is 339. The highest BCUT2D eigenvalue weighted by Crippen LogP contribution is 2.42. The zero-order valence-electron chi connectivity index (χ0n) is 7.61. The maximum absolute atomic E-state index is 2.36. The normalized spacial score (nSPS) is 35.1. The molecule has 13 heavy (non-hydrogen) atoms. The quantitative estimate of drug-likeness (QED) is 0.522. The minimum absolute atomic E-state index is 0.670. The van der Waals surface area contributed by atoms with Gasteiger partial charge in [-0.25, -0.2) is 0 Å². The molecule has 0 aromatic rings. The summed E-state index contributed by atoms with van der Waals surface area (Å²) in [6.45, 7) is 0. The van der Waals surface area contributed by atoms with E-state index in [1.165, 1.54) is 12.8 Å². The third-order valence-corrected chi connectivity index (χ3v) is 3.30. The van der Waals surface area contributed by atoms with Gasteiger partial charge in [-0.1, -0.05) is 42.0 Å². The minimum atomic E-state index is 0.670. The molecule has 0 saturated carbocycles. The molecule has 0 bridgehead atoms. The summed E-state index contributed by atoms with van der Waals surface area (Å²) in [7, 11) is 0. The molecular weight excluding hydrogens is 156 g/mol. The zero-order chi connectivity index (χ0) is 8.67. The second kappa shape index (κ2) is 2.73. The molecule has 0 amide bonds. The Morgan fingerprint density at radius 2 is 2.00 bits per heavy atom. The SMILES string of the molecule is [CH]1C=CC2=C1C1C=CC=CC1CC2. The van der Waals surface area contributed by atoms with E-state index in [1.807, 2.05) is 0 Å². The fourth-order valence-electron chi connectivity index (χ4n) is 2.61. The molecule has 0 aromatic heterocycles. The van der Waals surface area contributed by atoms with Gasteiger partial charge < -0.3 is 0 Å². The molecule has 3 aliphatic carbocycles. The van der Waals surface area contributed by atoms with Crippen molar-refractivity contribution in [2.75, 3.05) is 0 Å². The van der Waals surface area contributed by atoms with Crippen molar-refractivity contribution in [2.24, 2.45) is 11.8 Å². The van der Waals surface area contributed by atoms with Crippen LogP contribution in [0.15, 0.2) is 47.6 Å². The van der Waals surface area contributed by atoms with Crippen LogP contribution in [0, 0.1) is 18.3 Å². The van der Waals surface area contributed by atoms with Crippen molar-refractivity contribution in [1.82, 2.24) is 0 Å². The van der Waals surface area contributed by atoms with E-state index in [2.05, 4.69) is 42.9 Å². The highest BCUT2D eigenvalue weighted by Gasteiger charge is 2.29. The molecule has 0 spiro atoms. The third-order valence-electron chi connectivity index (χ3n) is 3.30. The lowest BCUT2D eigenvalue weighted by molar-refractivity contribution is 0.467. The molecule has 3 rings (SSSR count). The molecule has 0 aromatic carbocycles. The van der Waals surface area contributed by atoms with Gasteiger partial charge in [-0.05, 0) is 24.3 Å². The Morgan fingerprint density at radius 1 is 1.08 bits per heavy atom. The van der Waals surface area contributed by atoms with Crippen LogP contribution in [0.5, 0.6) is 0 Å². The lowest BCUT2D eigenvalue weighted by atomic mass is 9.74. The van der Waals surface area contributed by atoms with Crippen molar-refractivity contribution in [3.63, 3.8) is 0 Å². The summed E-state index contributed by atoms with van der Waals surface area (Å²) in [6.07, 6.45) is 18.4. The molecule has 2 atom stereocenters. The van der Waals surface area contributed by atoms with E-state index in [9.17, 15) is 0 Å². The van der Waals surface area contributed by atoms with Crippen molar-refractivity contribution >= 4 is 0 Å². The van der Waals surface area contributed by atoms with E-state index in [1.54, 1.807) is 11.1 Å². The van der Waals surface area contributed by atoms with Crippen LogP contribution < -0.4 is 0 Å². The number of allylic oxidation sites excluding steroid dienone is 8. The highest BCUT2D eigenvalue weighted by atomic mass is 14.3. The van der Waals surface area contributed by atoms with Crippen LogP contribution in [0.2, 0.25) is 0 Å². The average Bonchev–Trinajstić information content (AvgIpc) is 2.65. The zero-order valence-corrected chi connectivity index (χ0v) is 7.61. The largest absolute Gasteiger partial charge is 0.0805 e. The fourth-order valence-corrected chi connectivity index (χ4v) is 2.61. The Balaban J connectivity index is 2.00. The van der Waals surface area contributed by atoms with E-state index in [-0.39, 0.29) is 0 Å². The van der Waals surface area contributed by atoms with Gasteiger partial charge in [0.2, 0.25) is 0 Å². The van der Waals surface area contributed by atoms with Crippen LogP contribution >= 0.6 is 0 Å². The Kier molecular flexibility index (Phi) is 1.55. The molecule has 3 aliphatic rings. The van der Waals surface area contributed by atoms with E-state index in [0.29, 0.717) is 5.92 Å². The maximum Gasteiger partial charge on any atom is 0.00927 e. The number of rotatable bonds is 0. The molecule has 2 unspecified atom stereocenters. The summed E-state index contributed by atoms with van der Waals surface area (Å²) < 4.78 is 0. The van der Waals surface area contributed by atoms with E-state index in [0.717, 1.165) is 5.92 Å². The first-order valence-corrected chi connectivity index (χ1v) is 5.04. The Labute approximate surface area is 79.3 Å². The van der Waals surface area contributed by atoms with E-state index >= 15 is 0 Å². The topological polar surface area (TPSA) is 0 Å². The first-order chi connectivity index (χ1) is 6.45. The van der Waals surface area contributed by atoms with E-state index in [4.69, 9.17) is 0 Å². The van der Waals surface area contributed by atoms with Gasteiger partial charge in [0.05, 0.1) is 0 Å². The molecule has 0 aliphatic heterocycles. The van der Waals surface area contributed by atoms with Crippen molar-refractivity contribution in [2.45, 2.75) is 12.8 Å². The van der Waals surface area contributed by atoms with Gasteiger partial charge in [0.15, 0.2) is 0 Å². The molecule has 0 heterocycles. The Hall–Kier alpha value is -1.04. The van der Waals surface area contributed by atoms with Gasteiger partial charge >= 0.3 is 0 Å². The fraction of sp³-hybridized carbons (Fsp3) is 0.308. The summed E-state index contributed by atoms with van der Waals surface area (Å²) in [6, 6.07) is 0. The van der Waals surface area contributed by atoms with E-state index < -0.39 is 0 Å². The summed E-state index contributed by atoms with van der Waals surface area (Å²) in [5, 5.41) is 0. The van der Waals surface area contributed by atoms with Crippen LogP contribution in [0.3, 0.4) is 0 Å². The molecular formula is C13H13. The monoisotopic (exact) mass is 169 g/mol. The lowest BCUT2D eigenvalue weighted by Crippen LogP contribution is -2.19. The number of hydrogen-bond acceptors (Lipinski definition) is 0.